The molecule has 0 fully saturated rings. The Morgan fingerprint density at radius 1 is 1.67 bits per heavy atom. The number of hydrogen-bond donors (Lipinski definition) is 1. The van der Waals surface area contributed by atoms with Crippen LogP contribution in [0.15, 0.2) is 0 Å². The minimum atomic E-state index is -0.259. The Hall–Kier alpha value is 0.360. The van der Waals surface area contributed by atoms with Crippen molar-refractivity contribution in [1.29, 1.82) is 0 Å². The van der Waals surface area contributed by atoms with Gasteiger partial charge in [-0.2, -0.15) is 0 Å². The topological polar surface area (TPSA) is 43.1 Å². The average molecular weight is 241 g/mol. The van der Waals surface area contributed by atoms with Crippen molar-refractivity contribution in [2.75, 3.05) is 4.43 Å². The molecule has 0 rings (SSSR count). The molecule has 0 aromatic rings. The van der Waals surface area contributed by atoms with E-state index in [4.69, 9.17) is 5.73 Å². The molecule has 0 unspecified atom stereocenters. The van der Waals surface area contributed by atoms with E-state index < -0.39 is 0 Å². The predicted molar refractivity (Wildman–Crippen MR) is 46.7 cm³/mol. The summed E-state index contributed by atoms with van der Waals surface area (Å²) in [6.07, 6.45) is 0. The van der Waals surface area contributed by atoms with Crippen molar-refractivity contribution in [2.24, 2.45) is 11.7 Å². The summed E-state index contributed by atoms with van der Waals surface area (Å²) in [7, 11) is 0. The summed E-state index contributed by atoms with van der Waals surface area (Å²) in [6.45, 7) is 3.74. The van der Waals surface area contributed by atoms with E-state index in [0.29, 0.717) is 0 Å². The van der Waals surface area contributed by atoms with Gasteiger partial charge in [-0.1, -0.05) is 36.4 Å². The van der Waals surface area contributed by atoms with Gasteiger partial charge in [-0.25, -0.2) is 0 Å². The monoisotopic (exact) mass is 241 g/mol. The van der Waals surface area contributed by atoms with Gasteiger partial charge < -0.3 is 5.73 Å². The first kappa shape index (κ1) is 9.36. The Bertz CT molecular complexity index is 103. The molecule has 0 aromatic heterocycles. The molecular formula is C6H12INO. The van der Waals surface area contributed by atoms with Gasteiger partial charge in [0.15, 0.2) is 5.78 Å². The summed E-state index contributed by atoms with van der Waals surface area (Å²) < 4.78 is 0.717. The Morgan fingerprint density at radius 3 is 2.22 bits per heavy atom. The second-order valence-corrected chi connectivity index (χ2v) is 3.20. The molecule has 0 heterocycles. The maximum Gasteiger partial charge on any atom is 0.152 e. The fraction of sp³-hybridized carbons (Fsp3) is 0.833. The van der Waals surface area contributed by atoms with Crippen LogP contribution in [-0.2, 0) is 4.79 Å². The van der Waals surface area contributed by atoms with Crippen LogP contribution in [0.1, 0.15) is 13.8 Å². The van der Waals surface area contributed by atoms with Gasteiger partial charge in [0, 0.05) is 10.3 Å². The molecule has 0 aliphatic heterocycles. The van der Waals surface area contributed by atoms with Crippen LogP contribution in [0, 0.1) is 5.92 Å². The first-order valence-corrected chi connectivity index (χ1v) is 4.47. The van der Waals surface area contributed by atoms with Crippen LogP contribution in [0.4, 0.5) is 0 Å². The largest absolute Gasteiger partial charge is 0.321 e. The van der Waals surface area contributed by atoms with Crippen LogP contribution in [-0.4, -0.2) is 16.3 Å². The van der Waals surface area contributed by atoms with Gasteiger partial charge >= 0.3 is 0 Å². The molecule has 3 heteroatoms. The third kappa shape index (κ3) is 3.15. The van der Waals surface area contributed by atoms with Gasteiger partial charge in [0.1, 0.15) is 0 Å². The maximum atomic E-state index is 10.9. The number of carbonyl (C=O) groups excluding carboxylic acids is 1. The van der Waals surface area contributed by atoms with E-state index in [1.807, 2.05) is 13.8 Å². The zero-order chi connectivity index (χ0) is 7.44. The molecule has 2 nitrogen and oxygen atoms in total. The third-order valence-electron chi connectivity index (χ3n) is 1.10. The van der Waals surface area contributed by atoms with Crippen molar-refractivity contribution in [3.8, 4) is 0 Å². The van der Waals surface area contributed by atoms with Crippen LogP contribution in [0.2, 0.25) is 0 Å². The molecule has 0 aliphatic rings. The van der Waals surface area contributed by atoms with Crippen molar-refractivity contribution in [3.63, 3.8) is 0 Å². The van der Waals surface area contributed by atoms with E-state index in [1.54, 1.807) is 0 Å². The van der Waals surface area contributed by atoms with E-state index in [1.165, 1.54) is 0 Å². The summed E-state index contributed by atoms with van der Waals surface area (Å²) in [5.74, 6) is 0.235. The molecule has 54 valence electrons. The first-order chi connectivity index (χ1) is 4.09. The van der Waals surface area contributed by atoms with Crippen LogP contribution in [0.25, 0.3) is 0 Å². The highest BCUT2D eigenvalue weighted by Crippen LogP contribution is 1.99. The van der Waals surface area contributed by atoms with Crippen LogP contribution >= 0.6 is 22.6 Å². The lowest BCUT2D eigenvalue weighted by atomic mass is 10.0. The van der Waals surface area contributed by atoms with Gasteiger partial charge in [0.2, 0.25) is 0 Å². The lowest BCUT2D eigenvalue weighted by molar-refractivity contribution is -0.122. The normalized spacial score (nSPS) is 13.9. The second kappa shape index (κ2) is 4.22. The number of halogens is 1. The van der Waals surface area contributed by atoms with Crippen molar-refractivity contribution in [1.82, 2.24) is 0 Å². The third-order valence-corrected chi connectivity index (χ3v) is 2.05. The highest BCUT2D eigenvalue weighted by atomic mass is 127. The number of carbonyl (C=O) groups is 1. The van der Waals surface area contributed by atoms with E-state index in [0.717, 1.165) is 4.43 Å². The fourth-order valence-corrected chi connectivity index (χ4v) is 0.938. The smallest absolute Gasteiger partial charge is 0.152 e. The summed E-state index contributed by atoms with van der Waals surface area (Å²) in [6, 6.07) is -0.259. The lowest BCUT2D eigenvalue weighted by Crippen LogP contribution is -2.34. The second-order valence-electron chi connectivity index (χ2n) is 2.32. The number of Topliss-reactive ketones (excluding diaryl/α,β-unsaturated/α-hetero) is 1. The summed E-state index contributed by atoms with van der Waals surface area (Å²) in [5, 5.41) is 0. The van der Waals surface area contributed by atoms with E-state index in [2.05, 4.69) is 22.6 Å². The van der Waals surface area contributed by atoms with E-state index >= 15 is 0 Å². The summed E-state index contributed by atoms with van der Waals surface area (Å²) in [5.41, 5.74) is 5.46. The van der Waals surface area contributed by atoms with Crippen molar-refractivity contribution >= 4 is 28.4 Å². The Kier molecular flexibility index (Phi) is 4.39. The van der Waals surface area contributed by atoms with Crippen molar-refractivity contribution < 1.29 is 4.79 Å². The van der Waals surface area contributed by atoms with Gasteiger partial charge in [-0.05, 0) is 0 Å². The molecule has 0 saturated carbocycles. The number of hydrogen-bond acceptors (Lipinski definition) is 2. The maximum absolute atomic E-state index is 10.9. The number of alkyl halides is 1. The summed E-state index contributed by atoms with van der Waals surface area (Å²) in [4.78, 5) is 10.9. The molecular weight excluding hydrogens is 229 g/mol. The van der Waals surface area contributed by atoms with Crippen molar-refractivity contribution in [2.45, 2.75) is 19.9 Å². The van der Waals surface area contributed by atoms with Gasteiger partial charge in [-0.3, -0.25) is 4.79 Å². The zero-order valence-corrected chi connectivity index (χ0v) is 7.88. The number of ketones is 1. The quantitative estimate of drug-likeness (QED) is 0.591. The molecule has 0 spiro atoms. The van der Waals surface area contributed by atoms with Crippen LogP contribution in [0.5, 0.6) is 0 Å². The first-order valence-electron chi connectivity index (χ1n) is 2.95. The Balaban J connectivity index is 3.73. The van der Waals surface area contributed by atoms with Crippen molar-refractivity contribution in [3.05, 3.63) is 0 Å². The molecule has 0 saturated heterocycles. The average Bonchev–Trinajstić information content (AvgIpc) is 1.84. The van der Waals surface area contributed by atoms with E-state index in [-0.39, 0.29) is 17.7 Å². The van der Waals surface area contributed by atoms with Crippen LogP contribution < -0.4 is 5.73 Å². The van der Waals surface area contributed by atoms with Gasteiger partial charge in [0.05, 0.1) is 6.04 Å². The molecule has 1 atom stereocenters. The molecule has 0 aromatic carbocycles. The minimum absolute atomic E-state index is 0.0785. The number of rotatable bonds is 3. The SMILES string of the molecule is CC(C)C(=O)[C@@H](N)CI. The molecule has 0 amide bonds. The Morgan fingerprint density at radius 2 is 2.11 bits per heavy atom. The standard InChI is InChI=1S/C6H12INO/c1-4(2)6(9)5(8)3-7/h4-5H,3,8H2,1-2H3/t5-/m0/s1. The number of nitrogens with two attached hydrogens (primary N) is 1. The predicted octanol–water partition coefficient (Wildman–Crippen LogP) is 0.974. The molecule has 0 bridgehead atoms. The summed E-state index contributed by atoms with van der Waals surface area (Å²) >= 11 is 2.12. The fourth-order valence-electron chi connectivity index (χ4n) is 0.504. The highest BCUT2D eigenvalue weighted by molar-refractivity contribution is 14.1. The van der Waals surface area contributed by atoms with Gasteiger partial charge in [-0.15, -0.1) is 0 Å². The molecule has 9 heavy (non-hydrogen) atoms. The van der Waals surface area contributed by atoms with Crippen LogP contribution in [0.3, 0.4) is 0 Å². The molecule has 0 radical (unpaired) electrons. The van der Waals surface area contributed by atoms with Gasteiger partial charge in [0.25, 0.3) is 0 Å². The Labute approximate surface area is 69.3 Å². The zero-order valence-electron chi connectivity index (χ0n) is 5.73. The molecule has 2 N–H and O–H groups in total. The van der Waals surface area contributed by atoms with E-state index in [9.17, 15) is 4.79 Å². The lowest BCUT2D eigenvalue weighted by Gasteiger charge is -2.08. The minimum Gasteiger partial charge on any atom is -0.321 e. The highest BCUT2D eigenvalue weighted by Gasteiger charge is 2.14. The molecule has 0 aliphatic carbocycles.